The van der Waals surface area contributed by atoms with Crippen molar-refractivity contribution in [1.29, 1.82) is 0 Å². The number of primary amides is 1. The molecule has 2 N–H and O–H groups in total. The molecule has 0 fully saturated rings. The molecule has 1 amide bonds. The molecule has 0 aromatic heterocycles. The largest absolute Gasteiger partial charge is 0.410 e. The molecule has 0 unspecified atom stereocenters. The van der Waals surface area contributed by atoms with Crippen molar-refractivity contribution in [3.63, 3.8) is 0 Å². The van der Waals surface area contributed by atoms with Gasteiger partial charge >= 0.3 is 6.09 Å². The van der Waals surface area contributed by atoms with Crippen LogP contribution in [0.3, 0.4) is 0 Å². The van der Waals surface area contributed by atoms with Crippen LogP contribution in [0.15, 0.2) is 18.2 Å². The van der Waals surface area contributed by atoms with Crippen LogP contribution in [0.5, 0.6) is 5.75 Å². The highest BCUT2D eigenvalue weighted by Crippen LogP contribution is 2.29. The van der Waals surface area contributed by atoms with E-state index >= 15 is 0 Å². The topological polar surface area (TPSA) is 52.3 Å². The maximum Gasteiger partial charge on any atom is 0.409 e. The van der Waals surface area contributed by atoms with Gasteiger partial charge in [0.1, 0.15) is 5.75 Å². The Morgan fingerprint density at radius 2 is 2.12 bits per heavy atom. The highest BCUT2D eigenvalue weighted by molar-refractivity contribution is 5.68. The van der Waals surface area contributed by atoms with Gasteiger partial charge in [-0.3, -0.25) is 0 Å². The summed E-state index contributed by atoms with van der Waals surface area (Å²) in [5.41, 5.74) is 7.05. The van der Waals surface area contributed by atoms with Crippen LogP contribution in [0.25, 0.3) is 0 Å². The maximum absolute atomic E-state index is 10.7. The van der Waals surface area contributed by atoms with Gasteiger partial charge in [-0.15, -0.1) is 12.3 Å². The predicted molar refractivity (Wildman–Crippen MR) is 67.9 cm³/mol. The monoisotopic (exact) mass is 231 g/mol. The maximum atomic E-state index is 10.7. The van der Waals surface area contributed by atoms with Crippen LogP contribution in [0, 0.1) is 12.3 Å². The fraction of sp³-hybridized carbons (Fsp3) is 0.357. The van der Waals surface area contributed by atoms with Crippen LogP contribution < -0.4 is 10.5 Å². The Labute approximate surface area is 102 Å². The van der Waals surface area contributed by atoms with E-state index in [0.29, 0.717) is 12.2 Å². The molecule has 0 radical (unpaired) electrons. The molecule has 1 rings (SSSR count). The van der Waals surface area contributed by atoms with Gasteiger partial charge in [0.15, 0.2) is 0 Å². The number of nitrogens with two attached hydrogens (primary N) is 1. The first-order chi connectivity index (χ1) is 7.84. The highest BCUT2D eigenvalue weighted by atomic mass is 16.5. The van der Waals surface area contributed by atoms with E-state index in [1.54, 1.807) is 6.07 Å². The molecule has 3 heteroatoms. The Balaban J connectivity index is 3.20. The number of amides is 1. The lowest BCUT2D eigenvalue weighted by atomic mass is 9.83. The van der Waals surface area contributed by atoms with E-state index in [1.165, 1.54) is 0 Å². The summed E-state index contributed by atoms with van der Waals surface area (Å²) in [6.07, 6.45) is 5.08. The summed E-state index contributed by atoms with van der Waals surface area (Å²) in [6, 6.07) is 5.39. The zero-order chi connectivity index (χ0) is 13.1. The van der Waals surface area contributed by atoms with Crippen molar-refractivity contribution in [2.24, 2.45) is 5.73 Å². The number of carbonyl (C=O) groups excluding carboxylic acids is 1. The summed E-state index contributed by atoms with van der Waals surface area (Å²) < 4.78 is 4.87. The third-order valence-corrected chi connectivity index (χ3v) is 2.40. The van der Waals surface area contributed by atoms with Gasteiger partial charge in [-0.1, -0.05) is 26.8 Å². The number of ether oxygens (including phenoxy) is 1. The minimum atomic E-state index is -0.811. The second-order valence-electron chi connectivity index (χ2n) is 4.87. The Hall–Kier alpha value is -1.95. The molecule has 0 aliphatic heterocycles. The molecule has 0 saturated heterocycles. The molecule has 1 aromatic carbocycles. The number of rotatable bonds is 2. The highest BCUT2D eigenvalue weighted by Gasteiger charge is 2.18. The van der Waals surface area contributed by atoms with Crippen LogP contribution in [0.2, 0.25) is 0 Å². The van der Waals surface area contributed by atoms with Gasteiger partial charge in [-0.05, 0) is 28.7 Å². The van der Waals surface area contributed by atoms with Gasteiger partial charge in [0.2, 0.25) is 0 Å². The van der Waals surface area contributed by atoms with E-state index in [9.17, 15) is 4.79 Å². The van der Waals surface area contributed by atoms with E-state index in [2.05, 4.69) is 26.7 Å². The standard InChI is InChI=1S/C14H17NO2/c1-5-6-10-7-8-11(17-13(15)16)9-12(10)14(2,3)4/h1,7-9H,6H2,2-4H3,(H2,15,16). The van der Waals surface area contributed by atoms with Gasteiger partial charge < -0.3 is 10.5 Å². The van der Waals surface area contributed by atoms with Crippen molar-refractivity contribution in [2.45, 2.75) is 32.6 Å². The van der Waals surface area contributed by atoms with Gasteiger partial charge in [0.25, 0.3) is 0 Å². The SMILES string of the molecule is C#CCc1ccc(OC(N)=O)cc1C(C)(C)C. The minimum absolute atomic E-state index is 0.0663. The molecule has 0 aliphatic rings. The van der Waals surface area contributed by atoms with E-state index in [1.807, 2.05) is 12.1 Å². The summed E-state index contributed by atoms with van der Waals surface area (Å²) >= 11 is 0. The second-order valence-corrected chi connectivity index (χ2v) is 4.87. The smallest absolute Gasteiger partial charge is 0.409 e. The molecule has 3 nitrogen and oxygen atoms in total. The third-order valence-electron chi connectivity index (χ3n) is 2.40. The average Bonchev–Trinajstić information content (AvgIpc) is 2.18. The third kappa shape index (κ3) is 3.53. The quantitative estimate of drug-likeness (QED) is 0.795. The lowest BCUT2D eigenvalue weighted by Gasteiger charge is -2.23. The molecule has 0 atom stereocenters. The van der Waals surface area contributed by atoms with Crippen molar-refractivity contribution in [3.8, 4) is 18.1 Å². The number of hydrogen-bond acceptors (Lipinski definition) is 2. The Morgan fingerprint density at radius 1 is 1.47 bits per heavy atom. The Kier molecular flexibility index (Phi) is 3.80. The lowest BCUT2D eigenvalue weighted by molar-refractivity contribution is 0.211. The van der Waals surface area contributed by atoms with Gasteiger partial charge in [0, 0.05) is 6.42 Å². The molecule has 0 heterocycles. The van der Waals surface area contributed by atoms with E-state index in [-0.39, 0.29) is 5.41 Å². The first kappa shape index (κ1) is 13.1. The molecular formula is C14H17NO2. The average molecular weight is 231 g/mol. The number of hydrogen-bond donors (Lipinski definition) is 1. The summed E-state index contributed by atoms with van der Waals surface area (Å²) in [4.78, 5) is 10.7. The summed E-state index contributed by atoms with van der Waals surface area (Å²) in [7, 11) is 0. The molecule has 90 valence electrons. The lowest BCUT2D eigenvalue weighted by Crippen LogP contribution is -2.18. The van der Waals surface area contributed by atoms with Crippen LogP contribution in [0.4, 0.5) is 4.79 Å². The van der Waals surface area contributed by atoms with Gasteiger partial charge in [0.05, 0.1) is 0 Å². The predicted octanol–water partition coefficient (Wildman–Crippen LogP) is 2.62. The number of carbonyl (C=O) groups is 1. The van der Waals surface area contributed by atoms with Crippen LogP contribution in [-0.4, -0.2) is 6.09 Å². The Bertz CT molecular complexity index is 464. The molecular weight excluding hydrogens is 214 g/mol. The zero-order valence-corrected chi connectivity index (χ0v) is 10.4. The summed E-state index contributed by atoms with van der Waals surface area (Å²) in [6.45, 7) is 6.24. The van der Waals surface area contributed by atoms with E-state index < -0.39 is 6.09 Å². The van der Waals surface area contributed by atoms with E-state index in [4.69, 9.17) is 16.9 Å². The first-order valence-corrected chi connectivity index (χ1v) is 5.38. The minimum Gasteiger partial charge on any atom is -0.410 e. The van der Waals surface area contributed by atoms with Crippen LogP contribution >= 0.6 is 0 Å². The van der Waals surface area contributed by atoms with Crippen molar-refractivity contribution < 1.29 is 9.53 Å². The van der Waals surface area contributed by atoms with Gasteiger partial charge in [-0.2, -0.15) is 0 Å². The summed E-state index contributed by atoms with van der Waals surface area (Å²) in [5, 5.41) is 0. The normalized spacial score (nSPS) is 10.7. The second kappa shape index (κ2) is 4.92. The van der Waals surface area contributed by atoms with Crippen molar-refractivity contribution in [3.05, 3.63) is 29.3 Å². The van der Waals surface area contributed by atoms with E-state index in [0.717, 1.165) is 11.1 Å². The Morgan fingerprint density at radius 3 is 2.59 bits per heavy atom. The fourth-order valence-electron chi connectivity index (χ4n) is 1.70. The van der Waals surface area contributed by atoms with Crippen LogP contribution in [-0.2, 0) is 11.8 Å². The zero-order valence-electron chi connectivity index (χ0n) is 10.4. The molecule has 0 spiro atoms. The molecule has 1 aromatic rings. The molecule has 0 saturated carbocycles. The van der Waals surface area contributed by atoms with Crippen molar-refractivity contribution >= 4 is 6.09 Å². The number of benzene rings is 1. The van der Waals surface area contributed by atoms with Crippen LogP contribution in [0.1, 0.15) is 31.9 Å². The van der Waals surface area contributed by atoms with Crippen molar-refractivity contribution in [2.75, 3.05) is 0 Å². The molecule has 0 aliphatic carbocycles. The van der Waals surface area contributed by atoms with Gasteiger partial charge in [-0.25, -0.2) is 4.79 Å². The van der Waals surface area contributed by atoms with Crippen molar-refractivity contribution in [1.82, 2.24) is 0 Å². The number of terminal acetylenes is 1. The molecule has 0 bridgehead atoms. The fourth-order valence-corrected chi connectivity index (χ4v) is 1.70. The summed E-state index contributed by atoms with van der Waals surface area (Å²) in [5.74, 6) is 3.07. The molecule has 17 heavy (non-hydrogen) atoms. The first-order valence-electron chi connectivity index (χ1n) is 5.38.